The van der Waals surface area contributed by atoms with E-state index in [-0.39, 0.29) is 28.7 Å². The number of halogens is 1. The minimum atomic E-state index is -3.83. The van der Waals surface area contributed by atoms with Gasteiger partial charge in [-0.3, -0.25) is 10.1 Å². The number of aromatic nitrogens is 2. The lowest BCUT2D eigenvalue weighted by Gasteiger charge is -2.28. The van der Waals surface area contributed by atoms with Crippen LogP contribution < -0.4 is 9.46 Å². The fraction of sp³-hybridized carbons (Fsp3) is 0.375. The van der Waals surface area contributed by atoms with Gasteiger partial charge in [0.2, 0.25) is 10.0 Å². The van der Waals surface area contributed by atoms with Crippen LogP contribution in [-0.4, -0.2) is 35.5 Å². The molecule has 0 unspecified atom stereocenters. The molecule has 1 aromatic carbocycles. The Morgan fingerprint density at radius 1 is 1.19 bits per heavy atom. The van der Waals surface area contributed by atoms with Gasteiger partial charge in [0.15, 0.2) is 0 Å². The number of nitro groups is 1. The third kappa shape index (κ3) is 5.12. The predicted octanol–water partition coefficient (Wildman–Crippen LogP) is 2.71. The standard InChI is InChI=1S/C16H17ClN4O5S/c17-11-9-18-16(19-10-11)26-14-6-4-12(5-7-14)20-27(24,25)15-3-1-2-13(8-15)21(22)23/h1-3,8-10,12,14,20H,4-7H2. The first-order valence-electron chi connectivity index (χ1n) is 8.24. The van der Waals surface area contributed by atoms with Gasteiger partial charge in [-0.15, -0.1) is 0 Å². The Morgan fingerprint density at radius 2 is 1.85 bits per heavy atom. The first-order chi connectivity index (χ1) is 12.8. The number of hydrogen-bond donors (Lipinski definition) is 1. The molecule has 0 bridgehead atoms. The van der Waals surface area contributed by atoms with E-state index >= 15 is 0 Å². The SMILES string of the molecule is O=[N+]([O-])c1cccc(S(=O)(=O)NC2CCC(Oc3ncc(Cl)cn3)CC2)c1. The number of rotatable bonds is 6. The van der Waals surface area contributed by atoms with E-state index in [2.05, 4.69) is 14.7 Å². The first-order valence-corrected chi connectivity index (χ1v) is 10.1. The van der Waals surface area contributed by atoms with Crippen molar-refractivity contribution in [2.45, 2.75) is 42.7 Å². The van der Waals surface area contributed by atoms with Crippen molar-refractivity contribution in [2.24, 2.45) is 0 Å². The van der Waals surface area contributed by atoms with Crippen LogP contribution in [-0.2, 0) is 10.0 Å². The molecule has 0 spiro atoms. The monoisotopic (exact) mass is 412 g/mol. The van der Waals surface area contributed by atoms with Crippen molar-refractivity contribution >= 4 is 27.3 Å². The van der Waals surface area contributed by atoms with Crippen LogP contribution in [0.5, 0.6) is 6.01 Å². The van der Waals surface area contributed by atoms with Crippen molar-refractivity contribution in [1.29, 1.82) is 0 Å². The Hall–Kier alpha value is -2.30. The van der Waals surface area contributed by atoms with E-state index in [9.17, 15) is 18.5 Å². The summed E-state index contributed by atoms with van der Waals surface area (Å²) in [5.41, 5.74) is -0.266. The molecule has 1 fully saturated rings. The smallest absolute Gasteiger partial charge is 0.316 e. The molecule has 3 rings (SSSR count). The van der Waals surface area contributed by atoms with Crippen LogP contribution >= 0.6 is 11.6 Å². The van der Waals surface area contributed by atoms with Gasteiger partial charge in [0, 0.05) is 18.2 Å². The predicted molar refractivity (Wildman–Crippen MR) is 97.1 cm³/mol. The fourth-order valence-electron chi connectivity index (χ4n) is 2.86. The topological polar surface area (TPSA) is 124 Å². The fourth-order valence-corrected chi connectivity index (χ4v) is 4.30. The largest absolute Gasteiger partial charge is 0.460 e. The zero-order valence-corrected chi connectivity index (χ0v) is 15.7. The van der Waals surface area contributed by atoms with Crippen molar-refractivity contribution in [3.63, 3.8) is 0 Å². The number of benzene rings is 1. The molecule has 0 aliphatic heterocycles. The zero-order chi connectivity index (χ0) is 19.4. The van der Waals surface area contributed by atoms with Crippen molar-refractivity contribution < 1.29 is 18.1 Å². The summed E-state index contributed by atoms with van der Waals surface area (Å²) in [5, 5.41) is 11.3. The Labute approximate surface area is 160 Å². The summed E-state index contributed by atoms with van der Waals surface area (Å²) in [6.07, 6.45) is 5.21. The number of nitrogens with one attached hydrogen (secondary N) is 1. The number of sulfonamides is 1. The molecule has 2 aromatic rings. The van der Waals surface area contributed by atoms with E-state index in [1.165, 1.54) is 30.6 Å². The lowest BCUT2D eigenvalue weighted by atomic mass is 9.94. The maximum absolute atomic E-state index is 12.5. The van der Waals surface area contributed by atoms with Gasteiger partial charge in [-0.2, -0.15) is 0 Å². The molecule has 1 aliphatic carbocycles. The second-order valence-corrected chi connectivity index (χ2v) is 8.30. The van der Waals surface area contributed by atoms with Gasteiger partial charge >= 0.3 is 6.01 Å². The van der Waals surface area contributed by atoms with E-state index in [4.69, 9.17) is 16.3 Å². The second kappa shape index (κ2) is 8.15. The van der Waals surface area contributed by atoms with E-state index in [1.54, 1.807) is 0 Å². The summed E-state index contributed by atoms with van der Waals surface area (Å²) in [4.78, 5) is 18.1. The number of hydrogen-bond acceptors (Lipinski definition) is 7. The van der Waals surface area contributed by atoms with Crippen LogP contribution in [0.4, 0.5) is 5.69 Å². The van der Waals surface area contributed by atoms with Crippen LogP contribution in [0.15, 0.2) is 41.6 Å². The summed E-state index contributed by atoms with van der Waals surface area (Å²) in [6, 6.07) is 4.96. The molecule has 0 amide bonds. The van der Waals surface area contributed by atoms with Crippen LogP contribution in [0.1, 0.15) is 25.7 Å². The van der Waals surface area contributed by atoms with Crippen molar-refractivity contribution in [3.8, 4) is 6.01 Å². The van der Waals surface area contributed by atoms with E-state index in [0.717, 1.165) is 6.07 Å². The molecule has 1 heterocycles. The number of nitro benzene ring substituents is 1. The number of ether oxygens (including phenoxy) is 1. The normalized spacial score (nSPS) is 20.2. The summed E-state index contributed by atoms with van der Waals surface area (Å²) in [5.74, 6) is 0. The average molecular weight is 413 g/mol. The van der Waals surface area contributed by atoms with E-state index in [0.29, 0.717) is 30.7 Å². The van der Waals surface area contributed by atoms with Gasteiger partial charge in [0.1, 0.15) is 6.10 Å². The van der Waals surface area contributed by atoms with Crippen molar-refractivity contribution in [2.75, 3.05) is 0 Å². The van der Waals surface area contributed by atoms with Gasteiger partial charge in [-0.25, -0.2) is 23.1 Å². The highest BCUT2D eigenvalue weighted by Gasteiger charge is 2.27. The van der Waals surface area contributed by atoms with Gasteiger partial charge in [-0.05, 0) is 31.7 Å². The molecular formula is C16H17ClN4O5S. The van der Waals surface area contributed by atoms with Crippen LogP contribution in [0, 0.1) is 10.1 Å². The Balaban J connectivity index is 1.57. The summed E-state index contributed by atoms with van der Waals surface area (Å²) < 4.78 is 33.3. The van der Waals surface area contributed by atoms with Gasteiger partial charge < -0.3 is 4.74 Å². The molecule has 9 nitrogen and oxygen atoms in total. The maximum atomic E-state index is 12.5. The second-order valence-electron chi connectivity index (χ2n) is 6.15. The quantitative estimate of drug-likeness (QED) is 0.571. The molecule has 1 aromatic heterocycles. The number of non-ortho nitro benzene ring substituents is 1. The highest BCUT2D eigenvalue weighted by Crippen LogP contribution is 2.24. The molecule has 1 N–H and O–H groups in total. The molecular weight excluding hydrogens is 396 g/mol. The molecule has 1 aliphatic rings. The average Bonchev–Trinajstić information content (AvgIpc) is 2.65. The lowest BCUT2D eigenvalue weighted by molar-refractivity contribution is -0.385. The van der Waals surface area contributed by atoms with Crippen molar-refractivity contribution in [3.05, 3.63) is 51.8 Å². The highest BCUT2D eigenvalue weighted by molar-refractivity contribution is 7.89. The third-order valence-electron chi connectivity index (χ3n) is 4.20. The molecule has 0 radical (unpaired) electrons. The lowest BCUT2D eigenvalue weighted by Crippen LogP contribution is -2.39. The third-order valence-corrected chi connectivity index (χ3v) is 5.92. The van der Waals surface area contributed by atoms with Gasteiger partial charge in [0.25, 0.3) is 5.69 Å². The highest BCUT2D eigenvalue weighted by atomic mass is 35.5. The summed E-state index contributed by atoms with van der Waals surface area (Å²) in [6.45, 7) is 0. The van der Waals surface area contributed by atoms with Crippen molar-refractivity contribution in [1.82, 2.24) is 14.7 Å². The zero-order valence-electron chi connectivity index (χ0n) is 14.1. The van der Waals surface area contributed by atoms with Crippen LogP contribution in [0.25, 0.3) is 0 Å². The van der Waals surface area contributed by atoms with Gasteiger partial charge in [-0.1, -0.05) is 17.7 Å². The molecule has 144 valence electrons. The van der Waals surface area contributed by atoms with Crippen LogP contribution in [0.2, 0.25) is 5.02 Å². The number of nitrogens with zero attached hydrogens (tertiary/aromatic N) is 3. The molecule has 0 atom stereocenters. The van der Waals surface area contributed by atoms with E-state index < -0.39 is 14.9 Å². The maximum Gasteiger partial charge on any atom is 0.316 e. The van der Waals surface area contributed by atoms with E-state index in [1.807, 2.05) is 0 Å². The Morgan fingerprint density at radius 3 is 2.48 bits per heavy atom. The summed E-state index contributed by atoms with van der Waals surface area (Å²) in [7, 11) is -3.83. The van der Waals surface area contributed by atoms with Crippen LogP contribution in [0.3, 0.4) is 0 Å². The Kier molecular flexibility index (Phi) is 5.88. The molecule has 27 heavy (non-hydrogen) atoms. The minimum Gasteiger partial charge on any atom is -0.460 e. The van der Waals surface area contributed by atoms with Gasteiger partial charge in [0.05, 0.1) is 27.2 Å². The molecule has 0 saturated heterocycles. The molecule has 1 saturated carbocycles. The first kappa shape index (κ1) is 19.5. The molecule has 11 heteroatoms. The Bertz CT molecular complexity index is 915. The minimum absolute atomic E-state index is 0.107. The summed E-state index contributed by atoms with van der Waals surface area (Å²) >= 11 is 5.73.